The Morgan fingerprint density at radius 2 is 1.67 bits per heavy atom. The fourth-order valence-electron chi connectivity index (χ4n) is 3.91. The lowest BCUT2D eigenvalue weighted by atomic mass is 10.2. The van der Waals surface area contributed by atoms with Crippen molar-refractivity contribution in [2.24, 2.45) is 0 Å². The summed E-state index contributed by atoms with van der Waals surface area (Å²) in [6, 6.07) is 16.4. The highest BCUT2D eigenvalue weighted by Gasteiger charge is 2.30. The summed E-state index contributed by atoms with van der Waals surface area (Å²) < 4.78 is 34.4. The van der Waals surface area contributed by atoms with Crippen LogP contribution in [0.2, 0.25) is 0 Å². The van der Waals surface area contributed by atoms with Gasteiger partial charge in [0.1, 0.15) is 12.1 Å². The van der Waals surface area contributed by atoms with Gasteiger partial charge in [0.2, 0.25) is 10.0 Å². The molecule has 0 N–H and O–H groups in total. The highest BCUT2D eigenvalue weighted by Crippen LogP contribution is 2.25. The lowest BCUT2D eigenvalue weighted by molar-refractivity contribution is 0.384. The van der Waals surface area contributed by atoms with E-state index in [2.05, 4.69) is 20.3 Å². The van der Waals surface area contributed by atoms with Crippen molar-refractivity contribution in [1.82, 2.24) is 29.3 Å². The van der Waals surface area contributed by atoms with Crippen LogP contribution in [0.3, 0.4) is 0 Å². The molecule has 1 fully saturated rings. The van der Waals surface area contributed by atoms with Crippen molar-refractivity contribution in [3.8, 4) is 5.75 Å². The van der Waals surface area contributed by atoms with Gasteiger partial charge in [-0.1, -0.05) is 35.5 Å². The molecule has 0 spiro atoms. The molecule has 0 amide bonds. The minimum Gasteiger partial charge on any atom is -0.497 e. The fourth-order valence-corrected chi connectivity index (χ4v) is 5.33. The zero-order valence-electron chi connectivity index (χ0n) is 18.1. The van der Waals surface area contributed by atoms with Crippen molar-refractivity contribution >= 4 is 27.0 Å². The van der Waals surface area contributed by atoms with Crippen molar-refractivity contribution in [1.29, 1.82) is 0 Å². The molecule has 1 saturated heterocycles. The third kappa shape index (κ3) is 4.12. The first-order chi connectivity index (χ1) is 16.1. The van der Waals surface area contributed by atoms with Gasteiger partial charge in [0.25, 0.3) is 0 Å². The van der Waals surface area contributed by atoms with Gasteiger partial charge in [0.15, 0.2) is 17.0 Å². The third-order valence-corrected chi connectivity index (χ3v) is 7.60. The molecule has 0 atom stereocenters. The van der Waals surface area contributed by atoms with E-state index in [1.165, 1.54) is 10.6 Å². The van der Waals surface area contributed by atoms with E-state index in [0.717, 1.165) is 5.56 Å². The summed E-state index contributed by atoms with van der Waals surface area (Å²) in [5.41, 5.74) is 2.36. The van der Waals surface area contributed by atoms with E-state index in [1.54, 1.807) is 36.1 Å². The first-order valence-electron chi connectivity index (χ1n) is 10.5. The molecule has 170 valence electrons. The van der Waals surface area contributed by atoms with Crippen LogP contribution in [0.5, 0.6) is 5.75 Å². The Bertz CT molecular complexity index is 1350. The van der Waals surface area contributed by atoms with Crippen molar-refractivity contribution in [2.75, 3.05) is 38.2 Å². The number of anilines is 1. The first-order valence-corrected chi connectivity index (χ1v) is 12.0. The van der Waals surface area contributed by atoms with E-state index in [-0.39, 0.29) is 4.90 Å². The Morgan fingerprint density at radius 3 is 2.36 bits per heavy atom. The average molecular weight is 466 g/mol. The average Bonchev–Trinajstić information content (AvgIpc) is 3.27. The van der Waals surface area contributed by atoms with Gasteiger partial charge in [-0.25, -0.2) is 23.1 Å². The minimum atomic E-state index is -3.58. The van der Waals surface area contributed by atoms with E-state index in [4.69, 9.17) is 4.74 Å². The minimum absolute atomic E-state index is 0.255. The number of methoxy groups -OCH3 is 1. The highest BCUT2D eigenvalue weighted by atomic mass is 32.2. The zero-order valence-corrected chi connectivity index (χ0v) is 18.9. The van der Waals surface area contributed by atoms with Crippen LogP contribution in [0.15, 0.2) is 65.8 Å². The molecule has 1 aliphatic rings. The van der Waals surface area contributed by atoms with Gasteiger partial charge in [-0.2, -0.15) is 4.31 Å². The molecule has 10 nitrogen and oxygen atoms in total. The predicted octanol–water partition coefficient (Wildman–Crippen LogP) is 1.79. The van der Waals surface area contributed by atoms with E-state index < -0.39 is 10.0 Å². The van der Waals surface area contributed by atoms with Gasteiger partial charge in [-0.3, -0.25) is 0 Å². The second kappa shape index (κ2) is 8.75. The Balaban J connectivity index is 1.33. The van der Waals surface area contributed by atoms with Gasteiger partial charge in [0.05, 0.1) is 18.6 Å². The van der Waals surface area contributed by atoms with Crippen molar-refractivity contribution in [2.45, 2.75) is 11.4 Å². The molecule has 11 heteroatoms. The van der Waals surface area contributed by atoms with E-state index in [1.807, 2.05) is 35.2 Å². The van der Waals surface area contributed by atoms with Gasteiger partial charge in [-0.15, -0.1) is 5.10 Å². The molecule has 33 heavy (non-hydrogen) atoms. The Morgan fingerprint density at radius 1 is 0.939 bits per heavy atom. The summed E-state index contributed by atoms with van der Waals surface area (Å²) in [5, 5.41) is 8.60. The summed E-state index contributed by atoms with van der Waals surface area (Å²) in [6.07, 6.45) is 1.50. The number of benzene rings is 2. The molecular weight excluding hydrogens is 442 g/mol. The lowest BCUT2D eigenvalue weighted by Gasteiger charge is -2.34. The number of piperazine rings is 1. The van der Waals surface area contributed by atoms with Crippen LogP contribution in [-0.4, -0.2) is 71.0 Å². The second-order valence-electron chi connectivity index (χ2n) is 7.67. The highest BCUT2D eigenvalue weighted by molar-refractivity contribution is 7.89. The zero-order chi connectivity index (χ0) is 22.8. The second-order valence-corrected chi connectivity index (χ2v) is 9.61. The van der Waals surface area contributed by atoms with Gasteiger partial charge in [-0.05, 0) is 29.8 Å². The van der Waals surface area contributed by atoms with Crippen LogP contribution in [0.1, 0.15) is 5.56 Å². The van der Waals surface area contributed by atoms with E-state index in [0.29, 0.717) is 55.5 Å². The number of ether oxygens (including phenoxy) is 1. The quantitative estimate of drug-likeness (QED) is 0.424. The summed E-state index contributed by atoms with van der Waals surface area (Å²) in [6.45, 7) is 2.23. The summed E-state index contributed by atoms with van der Waals surface area (Å²) >= 11 is 0. The number of hydrogen-bond donors (Lipinski definition) is 0. The fraction of sp³-hybridized carbons (Fsp3) is 0.273. The maximum atomic E-state index is 13.0. The van der Waals surface area contributed by atoms with Gasteiger partial charge >= 0.3 is 0 Å². The molecular formula is C22H23N7O3S. The SMILES string of the molecule is COc1ccc(S(=O)(=O)N2CCN(c3ncnc4c3nnn4Cc3ccccc3)CC2)cc1. The third-order valence-electron chi connectivity index (χ3n) is 5.69. The molecule has 5 rings (SSSR count). The summed E-state index contributed by atoms with van der Waals surface area (Å²) in [4.78, 5) is 11.1. The van der Waals surface area contributed by atoms with Crippen LogP contribution < -0.4 is 9.64 Å². The van der Waals surface area contributed by atoms with Gasteiger partial charge < -0.3 is 9.64 Å². The Labute approximate surface area is 191 Å². The van der Waals surface area contributed by atoms with Crippen molar-refractivity contribution < 1.29 is 13.2 Å². The number of nitrogens with zero attached hydrogens (tertiary/aromatic N) is 7. The molecule has 0 aliphatic carbocycles. The predicted molar refractivity (Wildman–Crippen MR) is 123 cm³/mol. The van der Waals surface area contributed by atoms with Crippen molar-refractivity contribution in [3.05, 3.63) is 66.5 Å². The molecule has 2 aromatic carbocycles. The Kier molecular flexibility index (Phi) is 5.65. The Hall–Kier alpha value is -3.57. The molecule has 1 aliphatic heterocycles. The molecule has 0 radical (unpaired) electrons. The lowest BCUT2D eigenvalue weighted by Crippen LogP contribution is -2.49. The molecule has 0 bridgehead atoms. The molecule has 0 saturated carbocycles. The summed E-state index contributed by atoms with van der Waals surface area (Å²) in [7, 11) is -2.03. The first kappa shape index (κ1) is 21.3. The van der Waals surface area contributed by atoms with Crippen LogP contribution in [-0.2, 0) is 16.6 Å². The maximum Gasteiger partial charge on any atom is 0.243 e. The van der Waals surface area contributed by atoms with Crippen molar-refractivity contribution in [3.63, 3.8) is 0 Å². The number of sulfonamides is 1. The van der Waals surface area contributed by atoms with Crippen LogP contribution in [0, 0.1) is 0 Å². The molecule has 0 unspecified atom stereocenters. The monoisotopic (exact) mass is 465 g/mol. The van der Waals surface area contributed by atoms with Gasteiger partial charge in [0, 0.05) is 26.2 Å². The maximum absolute atomic E-state index is 13.0. The smallest absolute Gasteiger partial charge is 0.243 e. The molecule has 3 heterocycles. The topological polar surface area (TPSA) is 106 Å². The van der Waals surface area contributed by atoms with Crippen LogP contribution in [0.25, 0.3) is 11.2 Å². The molecule has 4 aromatic rings. The van der Waals surface area contributed by atoms with E-state index in [9.17, 15) is 8.42 Å². The standard InChI is InChI=1S/C22H23N7O3S/c1-32-18-7-9-19(10-8-18)33(30,31)28-13-11-27(12-14-28)21-20-22(24-16-23-21)29(26-25-20)15-17-5-3-2-4-6-17/h2-10,16H,11-15H2,1H3. The number of aromatic nitrogens is 5. The van der Waals surface area contributed by atoms with Crippen LogP contribution in [0.4, 0.5) is 5.82 Å². The number of fused-ring (bicyclic) bond motifs is 1. The number of hydrogen-bond acceptors (Lipinski definition) is 8. The number of rotatable bonds is 6. The normalized spacial score (nSPS) is 15.1. The van der Waals surface area contributed by atoms with Crippen LogP contribution >= 0.6 is 0 Å². The molecule has 2 aromatic heterocycles. The summed E-state index contributed by atoms with van der Waals surface area (Å²) in [5.74, 6) is 1.28. The van der Waals surface area contributed by atoms with E-state index >= 15 is 0 Å². The largest absolute Gasteiger partial charge is 0.497 e.